The smallest absolute Gasteiger partial charge is 0.410 e. The van der Waals surface area contributed by atoms with E-state index in [1.165, 1.54) is 12.1 Å². The van der Waals surface area contributed by atoms with Gasteiger partial charge in [0, 0.05) is 18.4 Å². The molecule has 1 amide bonds. The third-order valence-electron chi connectivity index (χ3n) is 7.64. The van der Waals surface area contributed by atoms with Crippen LogP contribution in [0.3, 0.4) is 0 Å². The Balaban J connectivity index is 1.17. The van der Waals surface area contributed by atoms with Crippen molar-refractivity contribution in [2.45, 2.75) is 42.9 Å². The summed E-state index contributed by atoms with van der Waals surface area (Å²) in [6.07, 6.45) is 0.166. The van der Waals surface area contributed by atoms with Gasteiger partial charge in [-0.2, -0.15) is 0 Å². The van der Waals surface area contributed by atoms with Gasteiger partial charge in [-0.3, -0.25) is 4.90 Å². The van der Waals surface area contributed by atoms with Gasteiger partial charge in [0.25, 0.3) is 0 Å². The lowest BCUT2D eigenvalue weighted by molar-refractivity contribution is -0.132. The Morgan fingerprint density at radius 1 is 0.944 bits per heavy atom. The van der Waals surface area contributed by atoms with Gasteiger partial charge in [-0.15, -0.1) is 0 Å². The number of fused-ring (bicyclic) bond motifs is 5. The summed E-state index contributed by atoms with van der Waals surface area (Å²) in [6, 6.07) is 18.9. The topological polar surface area (TPSA) is 59.0 Å². The fourth-order valence-electron chi connectivity index (χ4n) is 6.28. The van der Waals surface area contributed by atoms with Crippen molar-refractivity contribution in [2.24, 2.45) is 0 Å². The zero-order valence-electron chi connectivity index (χ0n) is 19.7. The molecular weight excluding hydrogens is 464 g/mol. The number of morpholine rings is 1. The molecule has 3 aromatic rings. The molecule has 2 aliphatic heterocycles. The Bertz CT molecular complexity index is 1230. The molecule has 5 nitrogen and oxygen atoms in total. The van der Waals surface area contributed by atoms with E-state index < -0.39 is 23.3 Å². The minimum Gasteiger partial charge on any atom is -0.448 e. The number of halogens is 2. The Morgan fingerprint density at radius 2 is 1.50 bits per heavy atom. The van der Waals surface area contributed by atoms with E-state index in [1.54, 1.807) is 4.90 Å². The average Bonchev–Trinajstić information content (AvgIpc) is 3.15. The monoisotopic (exact) mass is 491 g/mol. The molecule has 3 aromatic carbocycles. The number of rotatable bonds is 4. The van der Waals surface area contributed by atoms with Gasteiger partial charge in [0.05, 0.1) is 30.9 Å². The van der Waals surface area contributed by atoms with Crippen LogP contribution in [0.1, 0.15) is 35.4 Å². The van der Waals surface area contributed by atoms with Crippen LogP contribution in [0.5, 0.6) is 0 Å². The number of benzene rings is 3. The van der Waals surface area contributed by atoms with Crippen LogP contribution in [0.25, 0.3) is 11.1 Å². The van der Waals surface area contributed by atoms with E-state index in [0.29, 0.717) is 5.56 Å². The molecule has 0 spiro atoms. The molecule has 2 bridgehead atoms. The highest BCUT2D eigenvalue weighted by Gasteiger charge is 2.49. The molecular formula is C29H27F2NO4. The number of carbonyl (C=O) groups is 1. The lowest BCUT2D eigenvalue weighted by Gasteiger charge is -2.51. The van der Waals surface area contributed by atoms with E-state index in [-0.39, 0.29) is 57.1 Å². The predicted octanol–water partition coefficient (Wildman–Crippen LogP) is 5.05. The molecule has 186 valence electrons. The van der Waals surface area contributed by atoms with E-state index in [4.69, 9.17) is 9.47 Å². The molecule has 2 fully saturated rings. The van der Waals surface area contributed by atoms with Gasteiger partial charge in [0.15, 0.2) is 0 Å². The van der Waals surface area contributed by atoms with Crippen molar-refractivity contribution in [1.29, 1.82) is 0 Å². The van der Waals surface area contributed by atoms with Crippen LogP contribution in [0.4, 0.5) is 13.6 Å². The minimum atomic E-state index is -1.19. The molecule has 2 unspecified atom stereocenters. The average molecular weight is 492 g/mol. The summed E-state index contributed by atoms with van der Waals surface area (Å²) in [5.41, 5.74) is 3.81. The molecule has 2 heterocycles. The zero-order chi connectivity index (χ0) is 24.9. The van der Waals surface area contributed by atoms with Crippen molar-refractivity contribution in [2.75, 3.05) is 19.8 Å². The summed E-state index contributed by atoms with van der Waals surface area (Å²) < 4.78 is 39.0. The summed E-state index contributed by atoms with van der Waals surface area (Å²) >= 11 is 0. The van der Waals surface area contributed by atoms with E-state index in [0.717, 1.165) is 28.3 Å². The van der Waals surface area contributed by atoms with Gasteiger partial charge in [0.1, 0.15) is 18.2 Å². The number of nitrogens with zero attached hydrogens (tertiary/aromatic N) is 1. The Labute approximate surface area is 208 Å². The number of aliphatic hydroxyl groups is 1. The minimum absolute atomic E-state index is 0.0398. The Hall–Kier alpha value is -3.29. The summed E-state index contributed by atoms with van der Waals surface area (Å²) in [6.45, 7) is 0.775. The SMILES string of the molecule is O=C(OCC1c2ccccc2-c2ccccc21)N1C2COCC1CC(O)(Cc1cc(F)cc(F)c1)C2. The van der Waals surface area contributed by atoms with Crippen molar-refractivity contribution in [3.8, 4) is 11.1 Å². The first-order chi connectivity index (χ1) is 17.4. The molecule has 1 aliphatic carbocycles. The first-order valence-electron chi connectivity index (χ1n) is 12.3. The largest absolute Gasteiger partial charge is 0.448 e. The van der Waals surface area contributed by atoms with Crippen molar-refractivity contribution < 1.29 is 28.2 Å². The molecule has 7 heteroatoms. The highest BCUT2D eigenvalue weighted by molar-refractivity contribution is 5.79. The zero-order valence-corrected chi connectivity index (χ0v) is 19.7. The van der Waals surface area contributed by atoms with E-state index in [1.807, 2.05) is 24.3 Å². The van der Waals surface area contributed by atoms with Gasteiger partial charge >= 0.3 is 6.09 Å². The highest BCUT2D eigenvalue weighted by Crippen LogP contribution is 2.45. The van der Waals surface area contributed by atoms with Crippen molar-refractivity contribution in [3.05, 3.63) is 95.1 Å². The maximum atomic E-state index is 13.7. The first kappa shape index (κ1) is 23.1. The van der Waals surface area contributed by atoms with Crippen LogP contribution in [0, 0.1) is 11.6 Å². The molecule has 0 saturated carbocycles. The quantitative estimate of drug-likeness (QED) is 0.555. The standard InChI is InChI=1S/C29H27F2NO4/c30-19-9-18(10-20(31)11-19)12-29(34)13-21-15-35-16-22(14-29)32(21)28(33)36-17-27-25-7-3-1-5-23(25)24-6-2-4-8-26(24)27/h1-11,21-22,27,34H,12-17H2. The summed E-state index contributed by atoms with van der Waals surface area (Å²) in [5.74, 6) is -1.39. The summed E-state index contributed by atoms with van der Waals surface area (Å²) in [4.78, 5) is 15.0. The van der Waals surface area contributed by atoms with Crippen LogP contribution in [0.2, 0.25) is 0 Å². The highest BCUT2D eigenvalue weighted by atomic mass is 19.1. The number of hydrogen-bond donors (Lipinski definition) is 1. The van der Waals surface area contributed by atoms with Gasteiger partial charge in [-0.05, 0) is 52.8 Å². The third-order valence-corrected chi connectivity index (χ3v) is 7.64. The second-order valence-corrected chi connectivity index (χ2v) is 10.1. The molecule has 2 atom stereocenters. The van der Waals surface area contributed by atoms with Crippen LogP contribution in [0.15, 0.2) is 66.7 Å². The lowest BCUT2D eigenvalue weighted by Crippen LogP contribution is -2.64. The van der Waals surface area contributed by atoms with E-state index >= 15 is 0 Å². The number of piperidine rings is 1. The Kier molecular flexibility index (Phi) is 5.77. The number of carbonyl (C=O) groups excluding carboxylic acids is 1. The Morgan fingerprint density at radius 3 is 2.08 bits per heavy atom. The van der Waals surface area contributed by atoms with Crippen molar-refractivity contribution >= 4 is 6.09 Å². The predicted molar refractivity (Wildman–Crippen MR) is 130 cm³/mol. The molecule has 6 rings (SSSR count). The van der Waals surface area contributed by atoms with Gasteiger partial charge in [-0.1, -0.05) is 48.5 Å². The number of ether oxygens (including phenoxy) is 2. The molecule has 2 saturated heterocycles. The second kappa shape index (κ2) is 8.98. The number of hydrogen-bond acceptors (Lipinski definition) is 4. The normalized spacial score (nSPS) is 24.8. The van der Waals surface area contributed by atoms with Gasteiger partial charge < -0.3 is 14.6 Å². The fraction of sp³-hybridized carbons (Fsp3) is 0.345. The van der Waals surface area contributed by atoms with Crippen molar-refractivity contribution in [1.82, 2.24) is 4.90 Å². The van der Waals surface area contributed by atoms with Crippen molar-refractivity contribution in [3.63, 3.8) is 0 Å². The molecule has 1 N–H and O–H groups in total. The van der Waals surface area contributed by atoms with E-state index in [9.17, 15) is 18.7 Å². The first-order valence-corrected chi connectivity index (χ1v) is 12.3. The van der Waals surface area contributed by atoms with Crippen LogP contribution < -0.4 is 0 Å². The maximum absolute atomic E-state index is 13.7. The molecule has 3 aliphatic rings. The van der Waals surface area contributed by atoms with Crippen LogP contribution in [-0.2, 0) is 15.9 Å². The van der Waals surface area contributed by atoms with E-state index in [2.05, 4.69) is 24.3 Å². The molecule has 0 radical (unpaired) electrons. The van der Waals surface area contributed by atoms with Gasteiger partial charge in [-0.25, -0.2) is 13.6 Å². The molecule has 0 aromatic heterocycles. The van der Waals surface area contributed by atoms with Gasteiger partial charge in [0.2, 0.25) is 0 Å². The second-order valence-electron chi connectivity index (χ2n) is 10.1. The summed E-state index contributed by atoms with van der Waals surface area (Å²) in [5, 5.41) is 11.4. The molecule has 36 heavy (non-hydrogen) atoms. The fourth-order valence-corrected chi connectivity index (χ4v) is 6.28. The third kappa shape index (κ3) is 4.16. The summed E-state index contributed by atoms with van der Waals surface area (Å²) in [7, 11) is 0. The van der Waals surface area contributed by atoms with Crippen LogP contribution >= 0.6 is 0 Å². The van der Waals surface area contributed by atoms with Crippen LogP contribution in [-0.4, -0.2) is 53.6 Å². The maximum Gasteiger partial charge on any atom is 0.410 e. The number of amides is 1. The lowest BCUT2D eigenvalue weighted by atomic mass is 9.78.